The van der Waals surface area contributed by atoms with Crippen molar-refractivity contribution in [1.29, 1.82) is 0 Å². The van der Waals surface area contributed by atoms with Crippen LogP contribution in [0.25, 0.3) is 10.8 Å². The lowest BCUT2D eigenvalue weighted by atomic mass is 9.88. The van der Waals surface area contributed by atoms with Gasteiger partial charge in [0.2, 0.25) is 27.7 Å². The van der Waals surface area contributed by atoms with Gasteiger partial charge in [0, 0.05) is 23.9 Å². The topological polar surface area (TPSA) is 194 Å². The van der Waals surface area contributed by atoms with E-state index in [-0.39, 0.29) is 31.2 Å². The van der Waals surface area contributed by atoms with Gasteiger partial charge in [0.1, 0.15) is 35.1 Å². The van der Waals surface area contributed by atoms with Crippen LogP contribution in [0.2, 0.25) is 0 Å². The number of nitrogens with one attached hydrogen (secondary N) is 4. The standard InChI is InChI=1S/C39H54N6O9S/c1-7-52-27-12-15-30-25(19-27)16-17-40-34(30)53-28-20-31-33(46)41-39(36(48)44-55(50,51)29-13-14-29)21-26(39)11-9-8-10-23(2)18-24(3)32(35(47)45(31)22-28)42-43-37(49)54-38(4,5)6/h9,11-12,15-17,19,23-24,26,28-29,31-32,42H,7-8,10,13-14,18,20-22H2,1-6H3,(H,41,46)(H,43,49)(H,44,48). The molecule has 6 rings (SSSR count). The second-order valence-corrected chi connectivity index (χ2v) is 18.4. The normalized spacial score (nSPS) is 28.9. The van der Waals surface area contributed by atoms with Crippen LogP contribution in [0.3, 0.4) is 0 Å². The van der Waals surface area contributed by atoms with Crippen LogP contribution in [0.15, 0.2) is 42.6 Å². The second kappa shape index (κ2) is 16.0. The van der Waals surface area contributed by atoms with E-state index in [2.05, 4.69) is 32.8 Å². The SMILES string of the molecule is CCOc1ccc2c(OC3CC4C(=O)NC5(C(=O)NS(=O)(=O)C6CC6)CC5C=CCCC(C)CC(C)C(NNC(=O)OC(C)(C)C)C(=O)N4C3)nccc2c1. The van der Waals surface area contributed by atoms with Gasteiger partial charge in [-0.15, -0.1) is 0 Å². The van der Waals surface area contributed by atoms with Crippen LogP contribution in [-0.2, 0) is 29.1 Å². The molecule has 0 bridgehead atoms. The Morgan fingerprint density at radius 2 is 1.85 bits per heavy atom. The van der Waals surface area contributed by atoms with Gasteiger partial charge in [-0.2, -0.15) is 0 Å². The molecule has 300 valence electrons. The van der Waals surface area contributed by atoms with Crippen LogP contribution in [0.5, 0.6) is 11.6 Å². The number of amides is 4. The van der Waals surface area contributed by atoms with Crippen LogP contribution in [-0.4, -0.2) is 89.8 Å². The van der Waals surface area contributed by atoms with Gasteiger partial charge in [0.15, 0.2) is 0 Å². The molecule has 2 aromatic rings. The van der Waals surface area contributed by atoms with Gasteiger partial charge >= 0.3 is 6.09 Å². The van der Waals surface area contributed by atoms with Crippen molar-refractivity contribution in [3.63, 3.8) is 0 Å². The first-order valence-electron chi connectivity index (χ1n) is 19.3. The van der Waals surface area contributed by atoms with Gasteiger partial charge in [-0.05, 0) is 108 Å². The molecule has 1 saturated heterocycles. The van der Waals surface area contributed by atoms with Gasteiger partial charge in [-0.1, -0.05) is 26.0 Å². The van der Waals surface area contributed by atoms with Crippen molar-refractivity contribution >= 4 is 44.6 Å². The van der Waals surface area contributed by atoms with E-state index in [4.69, 9.17) is 14.2 Å². The predicted octanol–water partition coefficient (Wildman–Crippen LogP) is 3.88. The number of nitrogens with zero attached hydrogens (tertiary/aromatic N) is 2. The Morgan fingerprint density at radius 1 is 1.09 bits per heavy atom. The molecule has 16 heteroatoms. The number of fused-ring (bicyclic) bond motifs is 3. The van der Waals surface area contributed by atoms with Crippen molar-refractivity contribution in [1.82, 2.24) is 30.8 Å². The Balaban J connectivity index is 1.32. The summed E-state index contributed by atoms with van der Waals surface area (Å²) in [5, 5.41) is 3.82. The number of hydrazine groups is 1. The molecular weight excluding hydrogens is 729 g/mol. The molecule has 1 aromatic heterocycles. The molecule has 2 saturated carbocycles. The molecule has 7 atom stereocenters. The van der Waals surface area contributed by atoms with Crippen LogP contribution in [0, 0.1) is 17.8 Å². The maximum absolute atomic E-state index is 14.7. The number of carbonyl (C=O) groups excluding carboxylic acids is 4. The average molecular weight is 783 g/mol. The van der Waals surface area contributed by atoms with Gasteiger partial charge in [0.25, 0.3) is 5.91 Å². The molecule has 3 heterocycles. The van der Waals surface area contributed by atoms with Crippen molar-refractivity contribution in [2.75, 3.05) is 13.2 Å². The number of hydrogen-bond donors (Lipinski definition) is 4. The fraction of sp³-hybridized carbons (Fsp3) is 0.615. The number of aromatic nitrogens is 1. The highest BCUT2D eigenvalue weighted by Gasteiger charge is 2.62. The number of hydrogen-bond acceptors (Lipinski definition) is 11. The first-order chi connectivity index (χ1) is 26.0. The molecule has 1 aromatic carbocycles. The highest BCUT2D eigenvalue weighted by atomic mass is 32.2. The Kier molecular flexibility index (Phi) is 11.7. The molecule has 7 unspecified atom stereocenters. The van der Waals surface area contributed by atoms with Crippen molar-refractivity contribution in [2.45, 2.75) is 121 Å². The minimum Gasteiger partial charge on any atom is -0.494 e. The minimum absolute atomic E-state index is 0.00248. The summed E-state index contributed by atoms with van der Waals surface area (Å²) in [5.74, 6) is -1.41. The lowest BCUT2D eigenvalue weighted by Crippen LogP contribution is -2.60. The number of sulfonamides is 1. The van der Waals surface area contributed by atoms with Crippen LogP contribution in [0.1, 0.15) is 86.5 Å². The summed E-state index contributed by atoms with van der Waals surface area (Å²) in [7, 11) is -3.90. The maximum Gasteiger partial charge on any atom is 0.422 e. The first kappa shape index (κ1) is 40.2. The van der Waals surface area contributed by atoms with Gasteiger partial charge < -0.3 is 24.4 Å². The number of rotatable bonds is 9. The molecule has 0 spiro atoms. The molecule has 3 fully saturated rings. The van der Waals surface area contributed by atoms with Crippen LogP contribution >= 0.6 is 0 Å². The fourth-order valence-electron chi connectivity index (χ4n) is 7.57. The summed E-state index contributed by atoms with van der Waals surface area (Å²) in [6.07, 6.45) is 7.30. The summed E-state index contributed by atoms with van der Waals surface area (Å²) in [6, 6.07) is 5.32. The number of pyridine rings is 1. The summed E-state index contributed by atoms with van der Waals surface area (Å²) in [6.45, 7) is 11.6. The van der Waals surface area contributed by atoms with Gasteiger partial charge in [-0.3, -0.25) is 24.5 Å². The third kappa shape index (κ3) is 9.51. The smallest absolute Gasteiger partial charge is 0.422 e. The highest BCUT2D eigenvalue weighted by Crippen LogP contribution is 2.46. The monoisotopic (exact) mass is 782 g/mol. The highest BCUT2D eigenvalue weighted by molar-refractivity contribution is 7.91. The van der Waals surface area contributed by atoms with Gasteiger partial charge in [-0.25, -0.2) is 23.6 Å². The Labute approximate surface area is 322 Å². The third-order valence-corrected chi connectivity index (χ3v) is 12.5. The van der Waals surface area contributed by atoms with Crippen molar-refractivity contribution < 1.29 is 41.8 Å². The first-order valence-corrected chi connectivity index (χ1v) is 20.8. The van der Waals surface area contributed by atoms with Gasteiger partial charge in [0.05, 0.1) is 18.4 Å². The molecule has 0 radical (unpaired) electrons. The molecule has 2 aliphatic heterocycles. The van der Waals surface area contributed by atoms with Crippen LogP contribution < -0.4 is 30.4 Å². The number of benzene rings is 1. The van der Waals surface area contributed by atoms with E-state index in [9.17, 15) is 27.6 Å². The summed E-state index contributed by atoms with van der Waals surface area (Å²) < 4.78 is 45.5. The largest absolute Gasteiger partial charge is 0.494 e. The zero-order chi connectivity index (χ0) is 39.7. The average Bonchev–Trinajstić information content (AvgIpc) is 4.03. The van der Waals surface area contributed by atoms with E-state index >= 15 is 0 Å². The van der Waals surface area contributed by atoms with E-state index < -0.39 is 74.3 Å². The number of allylic oxidation sites excluding steroid dienone is 1. The Bertz CT molecular complexity index is 1930. The molecule has 15 nitrogen and oxygen atoms in total. The van der Waals surface area contributed by atoms with E-state index in [1.165, 1.54) is 4.90 Å². The lowest BCUT2D eigenvalue weighted by molar-refractivity contribution is -0.142. The quantitative estimate of drug-likeness (QED) is 0.213. The molecule has 4 aliphatic rings. The van der Waals surface area contributed by atoms with Crippen molar-refractivity contribution in [2.24, 2.45) is 17.8 Å². The minimum atomic E-state index is -3.90. The molecule has 55 heavy (non-hydrogen) atoms. The molecule has 4 amide bonds. The zero-order valence-electron chi connectivity index (χ0n) is 32.4. The predicted molar refractivity (Wildman–Crippen MR) is 204 cm³/mol. The summed E-state index contributed by atoms with van der Waals surface area (Å²) in [5.41, 5.74) is 3.17. The number of carbonyl (C=O) groups is 4. The second-order valence-electron chi connectivity index (χ2n) is 16.4. The molecule has 2 aliphatic carbocycles. The van der Waals surface area contributed by atoms with Crippen LogP contribution in [0.4, 0.5) is 4.79 Å². The lowest BCUT2D eigenvalue weighted by Gasteiger charge is -2.33. The maximum atomic E-state index is 14.7. The zero-order valence-corrected chi connectivity index (χ0v) is 33.2. The Morgan fingerprint density at radius 3 is 2.56 bits per heavy atom. The summed E-state index contributed by atoms with van der Waals surface area (Å²) >= 11 is 0. The number of ether oxygens (including phenoxy) is 3. The Hall–Kier alpha value is -4.44. The van der Waals surface area contributed by atoms with E-state index in [0.29, 0.717) is 43.9 Å². The molecular formula is C39H54N6O9S. The van der Waals surface area contributed by atoms with Crippen molar-refractivity contribution in [3.05, 3.63) is 42.6 Å². The third-order valence-electron chi connectivity index (χ3n) is 10.6. The van der Waals surface area contributed by atoms with Crippen molar-refractivity contribution in [3.8, 4) is 11.6 Å². The molecule has 4 N–H and O–H groups in total. The van der Waals surface area contributed by atoms with E-state index in [0.717, 1.165) is 17.2 Å². The summed E-state index contributed by atoms with van der Waals surface area (Å²) in [4.78, 5) is 61.6. The fourth-order valence-corrected chi connectivity index (χ4v) is 8.94. The van der Waals surface area contributed by atoms with E-state index in [1.807, 2.05) is 50.3 Å². The van der Waals surface area contributed by atoms with E-state index in [1.54, 1.807) is 27.0 Å².